The number of urea groups is 1. The van der Waals surface area contributed by atoms with E-state index in [0.717, 1.165) is 5.76 Å². The van der Waals surface area contributed by atoms with E-state index in [2.05, 4.69) is 5.32 Å². The molecule has 1 aliphatic heterocycles. The number of carbonyl (C=O) groups excluding carboxylic acids is 1. The highest BCUT2D eigenvalue weighted by Crippen LogP contribution is 2.09. The number of hydrogen-bond donors (Lipinski definition) is 2. The number of furan rings is 1. The zero-order chi connectivity index (χ0) is 13.8. The first-order chi connectivity index (χ1) is 9.08. The van der Waals surface area contributed by atoms with Crippen LogP contribution in [0.25, 0.3) is 0 Å². The van der Waals surface area contributed by atoms with Crippen molar-refractivity contribution in [1.29, 1.82) is 0 Å². The van der Waals surface area contributed by atoms with Crippen molar-refractivity contribution in [2.45, 2.75) is 19.5 Å². The van der Waals surface area contributed by atoms with Gasteiger partial charge in [-0.15, -0.1) is 0 Å². The Morgan fingerprint density at radius 3 is 2.95 bits per heavy atom. The zero-order valence-electron chi connectivity index (χ0n) is 10.6. The molecule has 2 amide bonds. The molecule has 1 saturated heterocycles. The van der Waals surface area contributed by atoms with Crippen LogP contribution in [-0.4, -0.2) is 47.8 Å². The van der Waals surface area contributed by atoms with Crippen molar-refractivity contribution in [2.24, 2.45) is 0 Å². The molecule has 1 fully saturated rings. The minimum Gasteiger partial charge on any atom is -0.480 e. The zero-order valence-corrected chi connectivity index (χ0v) is 10.6. The van der Waals surface area contributed by atoms with Crippen LogP contribution in [0.15, 0.2) is 16.5 Å². The summed E-state index contributed by atoms with van der Waals surface area (Å²) in [5.74, 6) is 0.328. The number of aryl methyl sites for hydroxylation is 1. The van der Waals surface area contributed by atoms with Gasteiger partial charge < -0.3 is 24.5 Å². The number of nitrogens with zero attached hydrogens (tertiary/aromatic N) is 1. The Labute approximate surface area is 110 Å². The van der Waals surface area contributed by atoms with Crippen LogP contribution in [0, 0.1) is 6.92 Å². The molecule has 0 saturated carbocycles. The summed E-state index contributed by atoms with van der Waals surface area (Å²) < 4.78 is 10.4. The standard InChI is InChI=1S/C12H16N2O5/c1-8-2-3-9(19-8)6-13-12(17)14-4-5-18-7-10(14)11(15)16/h2-3,10H,4-7H2,1H3,(H,13,17)(H,15,16). The molecule has 0 radical (unpaired) electrons. The first-order valence-electron chi connectivity index (χ1n) is 5.98. The quantitative estimate of drug-likeness (QED) is 0.836. The van der Waals surface area contributed by atoms with E-state index in [0.29, 0.717) is 12.4 Å². The van der Waals surface area contributed by atoms with Gasteiger partial charge in [0.05, 0.1) is 19.8 Å². The minimum absolute atomic E-state index is 0.0165. The van der Waals surface area contributed by atoms with E-state index in [9.17, 15) is 9.59 Å². The summed E-state index contributed by atoms with van der Waals surface area (Å²) in [6, 6.07) is 2.21. The van der Waals surface area contributed by atoms with Crippen LogP contribution in [-0.2, 0) is 16.1 Å². The summed E-state index contributed by atoms with van der Waals surface area (Å²) >= 11 is 0. The molecule has 0 spiro atoms. The Hall–Kier alpha value is -2.02. The molecule has 1 unspecified atom stereocenters. The average Bonchev–Trinajstić information content (AvgIpc) is 2.81. The van der Waals surface area contributed by atoms with Gasteiger partial charge >= 0.3 is 12.0 Å². The molecule has 0 aromatic carbocycles. The molecule has 2 heterocycles. The second kappa shape index (κ2) is 5.75. The van der Waals surface area contributed by atoms with Crippen molar-refractivity contribution in [2.75, 3.05) is 19.8 Å². The number of rotatable bonds is 3. The Morgan fingerprint density at radius 2 is 2.32 bits per heavy atom. The molecule has 19 heavy (non-hydrogen) atoms. The Bertz CT molecular complexity index is 470. The molecule has 0 bridgehead atoms. The van der Waals surface area contributed by atoms with Crippen molar-refractivity contribution < 1.29 is 23.8 Å². The third-order valence-corrected chi connectivity index (χ3v) is 2.88. The molecule has 1 aromatic heterocycles. The van der Waals surface area contributed by atoms with Crippen molar-refractivity contribution in [3.8, 4) is 0 Å². The van der Waals surface area contributed by atoms with Crippen molar-refractivity contribution in [3.63, 3.8) is 0 Å². The summed E-state index contributed by atoms with van der Waals surface area (Å²) in [6.45, 7) is 2.67. The summed E-state index contributed by atoms with van der Waals surface area (Å²) in [4.78, 5) is 24.2. The lowest BCUT2D eigenvalue weighted by Gasteiger charge is -2.32. The Morgan fingerprint density at radius 1 is 1.53 bits per heavy atom. The molecule has 7 nitrogen and oxygen atoms in total. The lowest BCUT2D eigenvalue weighted by molar-refractivity contribution is -0.147. The number of amides is 2. The summed E-state index contributed by atoms with van der Waals surface area (Å²) in [6.07, 6.45) is 0. The predicted molar refractivity (Wildman–Crippen MR) is 64.6 cm³/mol. The maximum atomic E-state index is 11.9. The van der Waals surface area contributed by atoms with E-state index in [1.807, 2.05) is 6.92 Å². The van der Waals surface area contributed by atoms with Gasteiger partial charge in [0.25, 0.3) is 0 Å². The maximum Gasteiger partial charge on any atom is 0.328 e. The molecule has 2 rings (SSSR count). The van der Waals surface area contributed by atoms with Gasteiger partial charge in [0.2, 0.25) is 0 Å². The van der Waals surface area contributed by atoms with E-state index in [4.69, 9.17) is 14.3 Å². The van der Waals surface area contributed by atoms with Crippen LogP contribution in [0.2, 0.25) is 0 Å². The van der Waals surface area contributed by atoms with Crippen molar-refractivity contribution in [1.82, 2.24) is 10.2 Å². The third-order valence-electron chi connectivity index (χ3n) is 2.88. The van der Waals surface area contributed by atoms with Crippen LogP contribution < -0.4 is 5.32 Å². The summed E-state index contributed by atoms with van der Waals surface area (Å²) in [7, 11) is 0. The van der Waals surface area contributed by atoms with E-state index in [1.165, 1.54) is 4.90 Å². The minimum atomic E-state index is -1.07. The number of carbonyl (C=O) groups is 2. The lowest BCUT2D eigenvalue weighted by Crippen LogP contribution is -2.55. The van der Waals surface area contributed by atoms with Gasteiger partial charge in [0.15, 0.2) is 6.04 Å². The molecular weight excluding hydrogens is 252 g/mol. The molecular formula is C12H16N2O5. The van der Waals surface area contributed by atoms with Gasteiger partial charge in [0, 0.05) is 6.54 Å². The summed E-state index contributed by atoms with van der Waals surface area (Å²) in [5.41, 5.74) is 0. The number of carboxylic acid groups (broad SMARTS) is 1. The van der Waals surface area contributed by atoms with Gasteiger partial charge in [0.1, 0.15) is 11.5 Å². The van der Waals surface area contributed by atoms with Crippen LogP contribution in [0.1, 0.15) is 11.5 Å². The van der Waals surface area contributed by atoms with Crippen LogP contribution in [0.5, 0.6) is 0 Å². The fraction of sp³-hybridized carbons (Fsp3) is 0.500. The monoisotopic (exact) mass is 268 g/mol. The average molecular weight is 268 g/mol. The molecule has 1 aliphatic rings. The number of aliphatic carboxylic acids is 1. The number of morpholine rings is 1. The van der Waals surface area contributed by atoms with E-state index in [1.54, 1.807) is 12.1 Å². The van der Waals surface area contributed by atoms with Gasteiger partial charge in [-0.3, -0.25) is 0 Å². The largest absolute Gasteiger partial charge is 0.480 e. The number of ether oxygens (including phenoxy) is 1. The second-order valence-electron chi connectivity index (χ2n) is 4.29. The molecule has 0 aliphatic carbocycles. The fourth-order valence-electron chi connectivity index (χ4n) is 1.90. The highest BCUT2D eigenvalue weighted by Gasteiger charge is 2.32. The Kier molecular flexibility index (Phi) is 4.06. The van der Waals surface area contributed by atoms with E-state index < -0.39 is 18.0 Å². The van der Waals surface area contributed by atoms with Crippen molar-refractivity contribution >= 4 is 12.0 Å². The molecule has 7 heteroatoms. The van der Waals surface area contributed by atoms with Crippen LogP contribution in [0.4, 0.5) is 4.79 Å². The third kappa shape index (κ3) is 3.25. The lowest BCUT2D eigenvalue weighted by atomic mass is 10.2. The molecule has 1 aromatic rings. The maximum absolute atomic E-state index is 11.9. The van der Waals surface area contributed by atoms with Crippen molar-refractivity contribution in [3.05, 3.63) is 23.7 Å². The normalized spacial score (nSPS) is 19.2. The van der Waals surface area contributed by atoms with Crippen LogP contribution >= 0.6 is 0 Å². The van der Waals surface area contributed by atoms with Gasteiger partial charge in [-0.05, 0) is 19.1 Å². The highest BCUT2D eigenvalue weighted by atomic mass is 16.5. The molecule has 104 valence electrons. The second-order valence-corrected chi connectivity index (χ2v) is 4.29. The van der Waals surface area contributed by atoms with Crippen LogP contribution in [0.3, 0.4) is 0 Å². The van der Waals surface area contributed by atoms with E-state index in [-0.39, 0.29) is 19.7 Å². The fourth-order valence-corrected chi connectivity index (χ4v) is 1.90. The van der Waals surface area contributed by atoms with Gasteiger partial charge in [-0.1, -0.05) is 0 Å². The summed E-state index contributed by atoms with van der Waals surface area (Å²) in [5, 5.41) is 11.7. The number of hydrogen-bond acceptors (Lipinski definition) is 4. The molecule has 1 atom stereocenters. The molecule has 2 N–H and O–H groups in total. The smallest absolute Gasteiger partial charge is 0.328 e. The SMILES string of the molecule is Cc1ccc(CNC(=O)N2CCOCC2C(=O)O)o1. The first kappa shape index (κ1) is 13.4. The first-order valence-corrected chi connectivity index (χ1v) is 5.98. The van der Waals surface area contributed by atoms with Gasteiger partial charge in [-0.25, -0.2) is 9.59 Å². The number of nitrogens with one attached hydrogen (secondary N) is 1. The predicted octanol–water partition coefficient (Wildman–Crippen LogP) is 0.583. The van der Waals surface area contributed by atoms with E-state index >= 15 is 0 Å². The Balaban J connectivity index is 1.92. The van der Waals surface area contributed by atoms with Gasteiger partial charge in [-0.2, -0.15) is 0 Å². The topological polar surface area (TPSA) is 92.0 Å². The highest BCUT2D eigenvalue weighted by molar-refractivity contribution is 5.82. The number of carboxylic acids is 1.